The van der Waals surface area contributed by atoms with Crippen LogP contribution < -0.4 is 10.9 Å². The number of hydrogen-bond donors (Lipinski definition) is 1. The highest BCUT2D eigenvalue weighted by molar-refractivity contribution is 5.96. The molecule has 0 spiro atoms. The molecular weight excluding hydrogens is 364 g/mol. The Kier molecular flexibility index (Phi) is 5.76. The topological polar surface area (TPSA) is 62.6 Å². The summed E-state index contributed by atoms with van der Waals surface area (Å²) in [6.07, 6.45) is 2.47. The molecule has 1 N–H and O–H groups in total. The maximum absolute atomic E-state index is 12.6. The molecule has 3 aromatic rings. The van der Waals surface area contributed by atoms with E-state index in [1.54, 1.807) is 18.2 Å². The zero-order chi connectivity index (χ0) is 20.2. The van der Waals surface area contributed by atoms with E-state index in [-0.39, 0.29) is 5.56 Å². The average Bonchev–Trinajstić information content (AvgIpc) is 2.74. The lowest BCUT2D eigenvalue weighted by atomic mass is 9.98. The molecule has 1 amide bonds. The molecule has 29 heavy (non-hydrogen) atoms. The molecule has 0 aliphatic carbocycles. The molecular formula is C24H26N2O3. The first-order valence-corrected chi connectivity index (χ1v) is 10.2. The fourth-order valence-corrected chi connectivity index (χ4v) is 3.84. The summed E-state index contributed by atoms with van der Waals surface area (Å²) in [5.74, 6) is 0.389. The molecule has 0 bridgehead atoms. The first-order valence-electron chi connectivity index (χ1n) is 10.2. The van der Waals surface area contributed by atoms with Crippen LogP contribution in [-0.2, 0) is 13.1 Å². The van der Waals surface area contributed by atoms with Crippen LogP contribution in [0.3, 0.4) is 0 Å². The van der Waals surface area contributed by atoms with Crippen molar-refractivity contribution in [1.82, 2.24) is 10.2 Å². The lowest BCUT2D eigenvalue weighted by Gasteiger charge is -2.30. The van der Waals surface area contributed by atoms with Crippen LogP contribution in [0.2, 0.25) is 0 Å². The number of rotatable bonds is 5. The van der Waals surface area contributed by atoms with Gasteiger partial charge in [0.1, 0.15) is 11.1 Å². The minimum absolute atomic E-state index is 0.0335. The molecule has 5 heteroatoms. The summed E-state index contributed by atoms with van der Waals surface area (Å²) in [5.41, 5.74) is 2.19. The van der Waals surface area contributed by atoms with E-state index in [1.807, 2.05) is 30.3 Å². The van der Waals surface area contributed by atoms with E-state index in [0.29, 0.717) is 12.1 Å². The molecule has 5 nitrogen and oxygen atoms in total. The number of carbonyl (C=O) groups excluding carboxylic acids is 1. The largest absolute Gasteiger partial charge is 0.422 e. The third kappa shape index (κ3) is 4.57. The Morgan fingerprint density at radius 1 is 1.07 bits per heavy atom. The van der Waals surface area contributed by atoms with Crippen molar-refractivity contribution in [2.24, 2.45) is 5.92 Å². The van der Waals surface area contributed by atoms with E-state index >= 15 is 0 Å². The van der Waals surface area contributed by atoms with Gasteiger partial charge < -0.3 is 9.73 Å². The fraction of sp³-hybridized carbons (Fsp3) is 0.333. The molecule has 2 heterocycles. The van der Waals surface area contributed by atoms with Gasteiger partial charge in [0.05, 0.1) is 0 Å². The van der Waals surface area contributed by atoms with Crippen LogP contribution in [0, 0.1) is 5.92 Å². The number of nitrogens with one attached hydrogen (secondary N) is 1. The smallest absolute Gasteiger partial charge is 0.349 e. The van der Waals surface area contributed by atoms with Crippen LogP contribution in [0.1, 0.15) is 41.3 Å². The monoisotopic (exact) mass is 390 g/mol. The summed E-state index contributed by atoms with van der Waals surface area (Å²) >= 11 is 0. The average molecular weight is 390 g/mol. The Labute approximate surface area is 170 Å². The Hall–Kier alpha value is -2.92. The SMILES string of the molecule is CC1CCN(Cc2ccccc2CNC(=O)c2cc3ccccc3oc2=O)CC1. The van der Waals surface area contributed by atoms with Crippen LogP contribution in [0.5, 0.6) is 0 Å². The standard InChI is InChI=1S/C24H26N2O3/c1-17-10-12-26(13-11-17)16-20-8-3-2-7-19(20)15-25-23(27)21-14-18-6-4-5-9-22(18)29-24(21)28/h2-9,14,17H,10-13,15-16H2,1H3,(H,25,27). The van der Waals surface area contributed by atoms with Crippen molar-refractivity contribution in [3.63, 3.8) is 0 Å². The van der Waals surface area contributed by atoms with Gasteiger partial charge in [0.15, 0.2) is 0 Å². The second kappa shape index (κ2) is 8.62. The molecule has 1 saturated heterocycles. The Bertz CT molecular complexity index is 1060. The van der Waals surface area contributed by atoms with Gasteiger partial charge in [-0.3, -0.25) is 9.69 Å². The second-order valence-corrected chi connectivity index (χ2v) is 7.90. The van der Waals surface area contributed by atoms with Gasteiger partial charge in [-0.1, -0.05) is 49.4 Å². The van der Waals surface area contributed by atoms with Gasteiger partial charge in [-0.25, -0.2) is 4.79 Å². The lowest BCUT2D eigenvalue weighted by molar-refractivity contribution is 0.0947. The number of hydrogen-bond acceptors (Lipinski definition) is 4. The molecule has 1 aliphatic heterocycles. The van der Waals surface area contributed by atoms with Gasteiger partial charge in [0.2, 0.25) is 0 Å². The molecule has 0 unspecified atom stereocenters. The summed E-state index contributed by atoms with van der Waals surface area (Å²) in [7, 11) is 0. The maximum Gasteiger partial charge on any atom is 0.349 e. The van der Waals surface area contributed by atoms with Crippen molar-refractivity contribution < 1.29 is 9.21 Å². The van der Waals surface area contributed by atoms with Crippen molar-refractivity contribution in [2.45, 2.75) is 32.9 Å². The minimum atomic E-state index is -0.614. The number of fused-ring (bicyclic) bond motifs is 1. The number of piperidine rings is 1. The van der Waals surface area contributed by atoms with Crippen molar-refractivity contribution in [3.05, 3.63) is 81.7 Å². The normalized spacial score (nSPS) is 15.5. The number of carbonyl (C=O) groups is 1. The van der Waals surface area contributed by atoms with Crippen molar-refractivity contribution in [1.29, 1.82) is 0 Å². The third-order valence-electron chi connectivity index (χ3n) is 5.71. The van der Waals surface area contributed by atoms with Gasteiger partial charge in [-0.2, -0.15) is 0 Å². The number of nitrogens with zero attached hydrogens (tertiary/aromatic N) is 1. The molecule has 0 radical (unpaired) electrons. The predicted molar refractivity (Wildman–Crippen MR) is 114 cm³/mol. The summed E-state index contributed by atoms with van der Waals surface area (Å²) < 4.78 is 5.28. The number of likely N-dealkylation sites (tertiary alicyclic amines) is 1. The minimum Gasteiger partial charge on any atom is -0.422 e. The van der Waals surface area contributed by atoms with Gasteiger partial charge in [0, 0.05) is 18.5 Å². The molecule has 1 fully saturated rings. The van der Waals surface area contributed by atoms with Crippen molar-refractivity contribution >= 4 is 16.9 Å². The van der Waals surface area contributed by atoms with Gasteiger partial charge in [0.25, 0.3) is 5.91 Å². The molecule has 1 aromatic heterocycles. The highest BCUT2D eigenvalue weighted by atomic mass is 16.4. The van der Waals surface area contributed by atoms with Gasteiger partial charge >= 0.3 is 5.63 Å². The van der Waals surface area contributed by atoms with E-state index in [0.717, 1.165) is 36.5 Å². The summed E-state index contributed by atoms with van der Waals surface area (Å²) in [6, 6.07) is 16.9. The molecule has 0 atom stereocenters. The Balaban J connectivity index is 1.46. The number of para-hydroxylation sites is 1. The number of amides is 1. The van der Waals surface area contributed by atoms with E-state index in [1.165, 1.54) is 18.4 Å². The zero-order valence-electron chi connectivity index (χ0n) is 16.7. The first kappa shape index (κ1) is 19.4. The quantitative estimate of drug-likeness (QED) is 0.670. The van der Waals surface area contributed by atoms with Crippen LogP contribution >= 0.6 is 0 Å². The molecule has 1 aliphatic rings. The summed E-state index contributed by atoms with van der Waals surface area (Å²) in [5, 5.41) is 3.62. The maximum atomic E-state index is 12.6. The Morgan fingerprint density at radius 2 is 1.76 bits per heavy atom. The summed E-state index contributed by atoms with van der Waals surface area (Å²) in [6.45, 7) is 5.80. The molecule has 2 aromatic carbocycles. The Morgan fingerprint density at radius 3 is 2.55 bits per heavy atom. The second-order valence-electron chi connectivity index (χ2n) is 7.90. The van der Waals surface area contributed by atoms with Gasteiger partial charge in [-0.05, 0) is 55.1 Å². The molecule has 4 rings (SSSR count). The lowest BCUT2D eigenvalue weighted by Crippen LogP contribution is -2.33. The molecule has 150 valence electrons. The molecule has 0 saturated carbocycles. The van der Waals surface area contributed by atoms with E-state index in [4.69, 9.17) is 4.42 Å². The first-order chi connectivity index (χ1) is 14.1. The summed E-state index contributed by atoms with van der Waals surface area (Å²) in [4.78, 5) is 27.3. The van der Waals surface area contributed by atoms with E-state index in [2.05, 4.69) is 23.2 Å². The van der Waals surface area contributed by atoms with Crippen LogP contribution in [0.4, 0.5) is 0 Å². The predicted octanol–water partition coefficient (Wildman–Crippen LogP) is 3.95. The van der Waals surface area contributed by atoms with Crippen molar-refractivity contribution in [2.75, 3.05) is 13.1 Å². The van der Waals surface area contributed by atoms with E-state index < -0.39 is 11.5 Å². The fourth-order valence-electron chi connectivity index (χ4n) is 3.84. The van der Waals surface area contributed by atoms with Crippen LogP contribution in [0.15, 0.2) is 63.8 Å². The highest BCUT2D eigenvalue weighted by Crippen LogP contribution is 2.20. The van der Waals surface area contributed by atoms with Crippen LogP contribution in [-0.4, -0.2) is 23.9 Å². The van der Waals surface area contributed by atoms with Gasteiger partial charge in [-0.15, -0.1) is 0 Å². The van der Waals surface area contributed by atoms with Crippen LogP contribution in [0.25, 0.3) is 11.0 Å². The van der Waals surface area contributed by atoms with Crippen molar-refractivity contribution in [3.8, 4) is 0 Å². The highest BCUT2D eigenvalue weighted by Gasteiger charge is 2.18. The third-order valence-corrected chi connectivity index (χ3v) is 5.71. The van der Waals surface area contributed by atoms with E-state index in [9.17, 15) is 9.59 Å². The zero-order valence-corrected chi connectivity index (χ0v) is 16.7. The number of benzene rings is 2.